The molecule has 2 nitrogen and oxygen atoms in total. The van der Waals surface area contributed by atoms with Crippen molar-refractivity contribution >= 4 is 0 Å². The van der Waals surface area contributed by atoms with E-state index in [1.165, 1.54) is 50.3 Å². The summed E-state index contributed by atoms with van der Waals surface area (Å²) < 4.78 is 27.8. The molecule has 1 aliphatic carbocycles. The van der Waals surface area contributed by atoms with Crippen molar-refractivity contribution < 1.29 is 8.78 Å². The Bertz CT molecular complexity index is 477. The summed E-state index contributed by atoms with van der Waals surface area (Å²) in [7, 11) is 0. The second-order valence-corrected chi connectivity index (χ2v) is 6.68. The van der Waals surface area contributed by atoms with Gasteiger partial charge in [-0.05, 0) is 31.9 Å². The van der Waals surface area contributed by atoms with E-state index in [1.807, 2.05) is 0 Å². The van der Waals surface area contributed by atoms with E-state index in [1.54, 1.807) is 0 Å². The van der Waals surface area contributed by atoms with Gasteiger partial charge >= 0.3 is 0 Å². The monoisotopic (exact) mass is 294 g/mol. The predicted molar refractivity (Wildman–Crippen MR) is 80.0 cm³/mol. The summed E-state index contributed by atoms with van der Waals surface area (Å²) in [5, 5.41) is 3.70. The highest BCUT2D eigenvalue weighted by molar-refractivity contribution is 5.20. The molecule has 1 aromatic carbocycles. The van der Waals surface area contributed by atoms with Gasteiger partial charge in [0.15, 0.2) is 0 Å². The lowest BCUT2D eigenvalue weighted by molar-refractivity contribution is 0.0557. The molecule has 0 aromatic heterocycles. The van der Waals surface area contributed by atoms with Crippen molar-refractivity contribution in [3.05, 3.63) is 35.4 Å². The fraction of sp³-hybridized carbons (Fsp3) is 0.647. The molecule has 3 rings (SSSR count). The van der Waals surface area contributed by atoms with Crippen LogP contribution in [-0.2, 0) is 6.54 Å². The first-order valence-electron chi connectivity index (χ1n) is 8.02. The highest BCUT2D eigenvalue weighted by atomic mass is 19.1. The molecular weight excluding hydrogens is 270 g/mol. The molecule has 1 unspecified atom stereocenters. The van der Waals surface area contributed by atoms with Crippen LogP contribution in [0.2, 0.25) is 0 Å². The summed E-state index contributed by atoms with van der Waals surface area (Å²) >= 11 is 0. The number of rotatable bonds is 2. The van der Waals surface area contributed by atoms with Gasteiger partial charge in [0.05, 0.1) is 0 Å². The van der Waals surface area contributed by atoms with E-state index in [4.69, 9.17) is 0 Å². The van der Waals surface area contributed by atoms with Crippen LogP contribution < -0.4 is 5.32 Å². The van der Waals surface area contributed by atoms with Gasteiger partial charge in [-0.25, -0.2) is 8.78 Å². The Labute approximate surface area is 125 Å². The van der Waals surface area contributed by atoms with Crippen molar-refractivity contribution in [1.29, 1.82) is 0 Å². The molecule has 1 aliphatic heterocycles. The number of hydrogen-bond acceptors (Lipinski definition) is 2. The average molecular weight is 294 g/mol. The third-order valence-electron chi connectivity index (χ3n) is 5.14. The SMILES string of the molecule is CC1CNC2(CCCCC2)CN1Cc1c(F)cccc1F. The van der Waals surface area contributed by atoms with Crippen LogP contribution in [0.15, 0.2) is 18.2 Å². The van der Waals surface area contributed by atoms with Gasteiger partial charge in [-0.2, -0.15) is 0 Å². The second kappa shape index (κ2) is 6.01. The molecule has 1 spiro atoms. The van der Waals surface area contributed by atoms with Crippen LogP contribution in [-0.4, -0.2) is 29.6 Å². The van der Waals surface area contributed by atoms with E-state index in [2.05, 4.69) is 17.1 Å². The maximum Gasteiger partial charge on any atom is 0.130 e. The normalized spacial score (nSPS) is 26.1. The summed E-state index contributed by atoms with van der Waals surface area (Å²) in [4.78, 5) is 2.24. The molecule has 2 aliphatic rings. The van der Waals surface area contributed by atoms with Gasteiger partial charge in [0.1, 0.15) is 11.6 Å². The third kappa shape index (κ3) is 3.11. The Kier molecular flexibility index (Phi) is 4.27. The first-order chi connectivity index (χ1) is 10.1. The van der Waals surface area contributed by atoms with Crippen LogP contribution in [0.1, 0.15) is 44.6 Å². The lowest BCUT2D eigenvalue weighted by atomic mass is 9.79. The average Bonchev–Trinajstić information content (AvgIpc) is 2.48. The van der Waals surface area contributed by atoms with Crippen LogP contribution in [0.4, 0.5) is 8.78 Å². The highest BCUT2D eigenvalue weighted by Gasteiger charge is 2.38. The number of benzene rings is 1. The molecule has 0 radical (unpaired) electrons. The fourth-order valence-corrected chi connectivity index (χ4v) is 3.76. The minimum absolute atomic E-state index is 0.159. The Morgan fingerprint density at radius 2 is 1.86 bits per heavy atom. The molecule has 1 N–H and O–H groups in total. The molecular formula is C17H24F2N2. The van der Waals surface area contributed by atoms with Gasteiger partial charge in [0.25, 0.3) is 0 Å². The van der Waals surface area contributed by atoms with Crippen LogP contribution >= 0.6 is 0 Å². The van der Waals surface area contributed by atoms with Crippen LogP contribution in [0, 0.1) is 11.6 Å². The quantitative estimate of drug-likeness (QED) is 0.898. The van der Waals surface area contributed by atoms with Crippen molar-refractivity contribution in [3.8, 4) is 0 Å². The summed E-state index contributed by atoms with van der Waals surface area (Å²) in [5.41, 5.74) is 0.365. The summed E-state index contributed by atoms with van der Waals surface area (Å²) in [6, 6.07) is 4.43. The topological polar surface area (TPSA) is 15.3 Å². The molecule has 1 heterocycles. The third-order valence-corrected chi connectivity index (χ3v) is 5.14. The Morgan fingerprint density at radius 1 is 1.19 bits per heavy atom. The standard InChI is InChI=1S/C17H24F2N2/c1-13-10-20-17(8-3-2-4-9-17)12-21(13)11-14-15(18)6-5-7-16(14)19/h5-7,13,20H,2-4,8-12H2,1H3. The van der Waals surface area contributed by atoms with Crippen molar-refractivity contribution in [2.45, 2.75) is 57.2 Å². The van der Waals surface area contributed by atoms with Gasteiger partial charge in [-0.1, -0.05) is 25.3 Å². The van der Waals surface area contributed by atoms with E-state index < -0.39 is 11.6 Å². The van der Waals surface area contributed by atoms with E-state index in [0.717, 1.165) is 13.1 Å². The number of nitrogens with zero attached hydrogens (tertiary/aromatic N) is 1. The molecule has 21 heavy (non-hydrogen) atoms. The largest absolute Gasteiger partial charge is 0.308 e. The predicted octanol–water partition coefficient (Wildman–Crippen LogP) is 3.46. The molecule has 4 heteroatoms. The second-order valence-electron chi connectivity index (χ2n) is 6.68. The van der Waals surface area contributed by atoms with Crippen molar-refractivity contribution in [2.75, 3.05) is 13.1 Å². The Balaban J connectivity index is 1.77. The molecule has 2 fully saturated rings. The van der Waals surface area contributed by atoms with Gasteiger partial charge in [-0.15, -0.1) is 0 Å². The smallest absolute Gasteiger partial charge is 0.130 e. The Morgan fingerprint density at radius 3 is 2.52 bits per heavy atom. The van der Waals surface area contributed by atoms with Gasteiger partial charge in [0, 0.05) is 36.8 Å². The van der Waals surface area contributed by atoms with Crippen molar-refractivity contribution in [2.24, 2.45) is 0 Å². The minimum atomic E-state index is -0.432. The molecule has 116 valence electrons. The van der Waals surface area contributed by atoms with E-state index in [9.17, 15) is 8.78 Å². The first-order valence-corrected chi connectivity index (χ1v) is 8.02. The maximum atomic E-state index is 13.9. The molecule has 0 amide bonds. The van der Waals surface area contributed by atoms with Gasteiger partial charge in [0.2, 0.25) is 0 Å². The minimum Gasteiger partial charge on any atom is -0.308 e. The highest BCUT2D eigenvalue weighted by Crippen LogP contribution is 2.32. The van der Waals surface area contributed by atoms with E-state index >= 15 is 0 Å². The zero-order valence-corrected chi connectivity index (χ0v) is 12.7. The number of piperazine rings is 1. The van der Waals surface area contributed by atoms with Crippen LogP contribution in [0.3, 0.4) is 0 Å². The maximum absolute atomic E-state index is 13.9. The van der Waals surface area contributed by atoms with Crippen molar-refractivity contribution in [3.63, 3.8) is 0 Å². The lowest BCUT2D eigenvalue weighted by Crippen LogP contribution is -2.63. The molecule has 1 saturated carbocycles. The summed E-state index contributed by atoms with van der Waals surface area (Å²) in [5.74, 6) is -0.864. The molecule has 1 saturated heterocycles. The van der Waals surface area contributed by atoms with E-state index in [0.29, 0.717) is 12.6 Å². The van der Waals surface area contributed by atoms with Crippen LogP contribution in [0.25, 0.3) is 0 Å². The van der Waals surface area contributed by atoms with E-state index in [-0.39, 0.29) is 11.1 Å². The summed E-state index contributed by atoms with van der Waals surface area (Å²) in [6.45, 7) is 4.28. The molecule has 0 bridgehead atoms. The van der Waals surface area contributed by atoms with Crippen LogP contribution in [0.5, 0.6) is 0 Å². The number of hydrogen-bond donors (Lipinski definition) is 1. The lowest BCUT2D eigenvalue weighted by Gasteiger charge is -2.49. The molecule has 1 atom stereocenters. The van der Waals surface area contributed by atoms with Crippen molar-refractivity contribution in [1.82, 2.24) is 10.2 Å². The zero-order valence-electron chi connectivity index (χ0n) is 12.7. The summed E-state index contributed by atoms with van der Waals surface area (Å²) in [6.07, 6.45) is 6.17. The number of halogens is 2. The first kappa shape index (κ1) is 14.9. The zero-order chi connectivity index (χ0) is 14.9. The van der Waals surface area contributed by atoms with Gasteiger partial charge < -0.3 is 5.32 Å². The molecule has 1 aromatic rings. The number of nitrogens with one attached hydrogen (secondary N) is 1. The van der Waals surface area contributed by atoms with Gasteiger partial charge in [-0.3, -0.25) is 4.90 Å². The fourth-order valence-electron chi connectivity index (χ4n) is 3.76. The Hall–Kier alpha value is -1.00.